The average molecular weight is 401 g/mol. The Hall–Kier alpha value is -2.53. The number of halogens is 1. The third-order valence-electron chi connectivity index (χ3n) is 4.98. The third kappa shape index (κ3) is 5.04. The maximum Gasteiger partial charge on any atom is 0.260 e. The van der Waals surface area contributed by atoms with Gasteiger partial charge >= 0.3 is 0 Å². The fourth-order valence-corrected chi connectivity index (χ4v) is 3.60. The highest BCUT2D eigenvalue weighted by Gasteiger charge is 2.25. The smallest absolute Gasteiger partial charge is 0.260 e. The summed E-state index contributed by atoms with van der Waals surface area (Å²) in [5, 5.41) is 3.45. The second-order valence-electron chi connectivity index (χ2n) is 7.17. The minimum absolute atomic E-state index is 0.0283. The zero-order valence-corrected chi connectivity index (χ0v) is 17.0. The predicted molar refractivity (Wildman–Crippen MR) is 110 cm³/mol. The van der Waals surface area contributed by atoms with E-state index >= 15 is 0 Å². The highest BCUT2D eigenvalue weighted by Crippen LogP contribution is 2.20. The highest BCUT2D eigenvalue weighted by molar-refractivity contribution is 6.33. The first kappa shape index (κ1) is 20.2. The number of carbonyl (C=O) groups excluding carboxylic acids is 2. The van der Waals surface area contributed by atoms with Gasteiger partial charge in [-0.25, -0.2) is 0 Å². The molecule has 0 aromatic heterocycles. The van der Waals surface area contributed by atoms with Gasteiger partial charge in [0.15, 0.2) is 6.61 Å². The second-order valence-corrected chi connectivity index (χ2v) is 7.57. The summed E-state index contributed by atoms with van der Waals surface area (Å²) in [5.41, 5.74) is 2.66. The molecule has 28 heavy (non-hydrogen) atoms. The lowest BCUT2D eigenvalue weighted by molar-refractivity contribution is -0.134. The van der Waals surface area contributed by atoms with Crippen LogP contribution < -0.4 is 10.1 Å². The molecule has 0 aliphatic carbocycles. The number of likely N-dealkylation sites (tertiary alicyclic amines) is 1. The SMILES string of the molecule is Cc1ccc(OCC(=O)N2CCC(NC(=O)c3ccccc3Cl)CC2)c(C)c1. The van der Waals surface area contributed by atoms with Gasteiger partial charge in [0.2, 0.25) is 0 Å². The minimum Gasteiger partial charge on any atom is -0.484 e. The molecule has 1 saturated heterocycles. The zero-order chi connectivity index (χ0) is 20.1. The summed E-state index contributed by atoms with van der Waals surface area (Å²) in [6, 6.07) is 12.9. The van der Waals surface area contributed by atoms with Gasteiger partial charge in [-0.05, 0) is 50.5 Å². The van der Waals surface area contributed by atoms with Gasteiger partial charge in [-0.2, -0.15) is 0 Å². The average Bonchev–Trinajstić information content (AvgIpc) is 2.68. The molecular formula is C22H25ClN2O3. The van der Waals surface area contributed by atoms with E-state index in [2.05, 4.69) is 5.32 Å². The van der Waals surface area contributed by atoms with Crippen molar-refractivity contribution in [2.24, 2.45) is 0 Å². The third-order valence-corrected chi connectivity index (χ3v) is 5.31. The van der Waals surface area contributed by atoms with E-state index in [0.29, 0.717) is 36.5 Å². The van der Waals surface area contributed by atoms with Crippen molar-refractivity contribution in [3.05, 3.63) is 64.2 Å². The largest absolute Gasteiger partial charge is 0.484 e. The Kier molecular flexibility index (Phi) is 6.57. The van der Waals surface area contributed by atoms with Gasteiger partial charge in [-0.15, -0.1) is 0 Å². The Balaban J connectivity index is 1.46. The molecule has 2 aromatic rings. The van der Waals surface area contributed by atoms with Crippen LogP contribution in [0.25, 0.3) is 0 Å². The molecule has 5 nitrogen and oxygen atoms in total. The van der Waals surface area contributed by atoms with Crippen molar-refractivity contribution < 1.29 is 14.3 Å². The lowest BCUT2D eigenvalue weighted by Crippen LogP contribution is -2.47. The summed E-state index contributed by atoms with van der Waals surface area (Å²) in [5.74, 6) is 0.533. The van der Waals surface area contributed by atoms with E-state index in [9.17, 15) is 9.59 Å². The molecule has 1 fully saturated rings. The maximum absolute atomic E-state index is 12.4. The molecule has 0 saturated carbocycles. The van der Waals surface area contributed by atoms with Gasteiger partial charge in [-0.1, -0.05) is 41.4 Å². The first-order chi connectivity index (χ1) is 13.4. The van der Waals surface area contributed by atoms with Crippen LogP contribution in [-0.4, -0.2) is 42.5 Å². The quantitative estimate of drug-likeness (QED) is 0.831. The van der Waals surface area contributed by atoms with Gasteiger partial charge in [0.05, 0.1) is 10.6 Å². The van der Waals surface area contributed by atoms with Crippen molar-refractivity contribution in [3.8, 4) is 5.75 Å². The Labute approximate surface area is 170 Å². The molecular weight excluding hydrogens is 376 g/mol. The number of hydrogen-bond acceptors (Lipinski definition) is 3. The van der Waals surface area contributed by atoms with Crippen LogP contribution in [0.1, 0.15) is 34.3 Å². The van der Waals surface area contributed by atoms with Crippen LogP contribution in [-0.2, 0) is 4.79 Å². The van der Waals surface area contributed by atoms with E-state index in [1.165, 1.54) is 0 Å². The molecule has 1 aliphatic heterocycles. The number of hydrogen-bond donors (Lipinski definition) is 1. The number of piperidine rings is 1. The molecule has 3 rings (SSSR count). The van der Waals surface area contributed by atoms with Crippen molar-refractivity contribution in [2.45, 2.75) is 32.7 Å². The van der Waals surface area contributed by atoms with Crippen molar-refractivity contribution in [1.29, 1.82) is 0 Å². The summed E-state index contributed by atoms with van der Waals surface area (Å²) in [6.45, 7) is 5.22. The molecule has 0 atom stereocenters. The molecule has 0 spiro atoms. The number of aryl methyl sites for hydroxylation is 2. The molecule has 2 aromatic carbocycles. The van der Waals surface area contributed by atoms with Crippen molar-refractivity contribution in [3.63, 3.8) is 0 Å². The van der Waals surface area contributed by atoms with Crippen molar-refractivity contribution in [2.75, 3.05) is 19.7 Å². The first-order valence-corrected chi connectivity index (χ1v) is 9.85. The number of ether oxygens (including phenoxy) is 1. The topological polar surface area (TPSA) is 58.6 Å². The monoisotopic (exact) mass is 400 g/mol. The lowest BCUT2D eigenvalue weighted by Gasteiger charge is -2.32. The molecule has 1 heterocycles. The zero-order valence-electron chi connectivity index (χ0n) is 16.2. The number of nitrogens with zero attached hydrogens (tertiary/aromatic N) is 1. The summed E-state index contributed by atoms with van der Waals surface area (Å²) < 4.78 is 5.69. The van der Waals surface area contributed by atoms with Gasteiger partial charge in [0.1, 0.15) is 5.75 Å². The van der Waals surface area contributed by atoms with Gasteiger partial charge in [-0.3, -0.25) is 9.59 Å². The Morgan fingerprint density at radius 2 is 1.86 bits per heavy atom. The normalized spacial score (nSPS) is 14.6. The lowest BCUT2D eigenvalue weighted by atomic mass is 10.0. The van der Waals surface area contributed by atoms with E-state index < -0.39 is 0 Å². The van der Waals surface area contributed by atoms with Crippen LogP contribution in [0.15, 0.2) is 42.5 Å². The highest BCUT2D eigenvalue weighted by atomic mass is 35.5. The van der Waals surface area contributed by atoms with Crippen LogP contribution in [0, 0.1) is 13.8 Å². The number of nitrogens with one attached hydrogen (secondary N) is 1. The molecule has 0 bridgehead atoms. The first-order valence-electron chi connectivity index (χ1n) is 9.47. The second kappa shape index (κ2) is 9.11. The number of carbonyl (C=O) groups is 2. The molecule has 148 valence electrons. The molecule has 2 amide bonds. The van der Waals surface area contributed by atoms with Gasteiger partial charge in [0, 0.05) is 19.1 Å². The van der Waals surface area contributed by atoms with Crippen LogP contribution >= 0.6 is 11.6 Å². The number of rotatable bonds is 5. The Bertz CT molecular complexity index is 861. The molecule has 1 N–H and O–H groups in total. The van der Waals surface area contributed by atoms with Gasteiger partial charge in [0.25, 0.3) is 11.8 Å². The number of amides is 2. The number of benzene rings is 2. The Morgan fingerprint density at radius 1 is 1.14 bits per heavy atom. The van der Waals surface area contributed by atoms with E-state index in [-0.39, 0.29) is 24.5 Å². The standard InChI is InChI=1S/C22H25ClN2O3/c1-15-7-8-20(16(2)13-15)28-14-21(26)25-11-9-17(10-12-25)24-22(27)18-5-3-4-6-19(18)23/h3-8,13,17H,9-12,14H2,1-2H3,(H,24,27). The van der Waals surface area contributed by atoms with Gasteiger partial charge < -0.3 is 15.0 Å². The molecule has 6 heteroatoms. The van der Waals surface area contributed by atoms with Crippen LogP contribution in [0.2, 0.25) is 5.02 Å². The molecule has 0 radical (unpaired) electrons. The van der Waals surface area contributed by atoms with E-state index in [4.69, 9.17) is 16.3 Å². The summed E-state index contributed by atoms with van der Waals surface area (Å²) >= 11 is 6.08. The Morgan fingerprint density at radius 3 is 2.54 bits per heavy atom. The molecule has 0 unspecified atom stereocenters. The minimum atomic E-state index is -0.173. The van der Waals surface area contributed by atoms with E-state index in [0.717, 1.165) is 16.9 Å². The van der Waals surface area contributed by atoms with Crippen LogP contribution in [0.3, 0.4) is 0 Å². The fraction of sp³-hybridized carbons (Fsp3) is 0.364. The van der Waals surface area contributed by atoms with E-state index in [1.807, 2.05) is 32.0 Å². The summed E-state index contributed by atoms with van der Waals surface area (Å²) in [7, 11) is 0. The van der Waals surface area contributed by atoms with Crippen LogP contribution in [0.5, 0.6) is 5.75 Å². The summed E-state index contributed by atoms with van der Waals surface area (Å²) in [6.07, 6.45) is 1.43. The van der Waals surface area contributed by atoms with Crippen molar-refractivity contribution >= 4 is 23.4 Å². The van der Waals surface area contributed by atoms with Crippen molar-refractivity contribution in [1.82, 2.24) is 10.2 Å². The summed E-state index contributed by atoms with van der Waals surface area (Å²) in [4.78, 5) is 26.6. The van der Waals surface area contributed by atoms with E-state index in [1.54, 1.807) is 29.2 Å². The maximum atomic E-state index is 12.4. The fourth-order valence-electron chi connectivity index (χ4n) is 3.37. The molecule has 1 aliphatic rings. The predicted octanol–water partition coefficient (Wildman–Crippen LogP) is 3.76. The van der Waals surface area contributed by atoms with Crippen LogP contribution in [0.4, 0.5) is 0 Å².